The predicted octanol–water partition coefficient (Wildman–Crippen LogP) is 2.57. The molecule has 3 rings (SSSR count). The van der Waals surface area contributed by atoms with Crippen molar-refractivity contribution in [1.82, 2.24) is 9.99 Å². The molecule has 0 fully saturated rings. The summed E-state index contributed by atoms with van der Waals surface area (Å²) in [4.78, 5) is 17.1. The van der Waals surface area contributed by atoms with Crippen molar-refractivity contribution in [3.63, 3.8) is 0 Å². The maximum atomic E-state index is 11.9. The number of hydrogen-bond donors (Lipinski definition) is 0. The number of fused-ring (bicyclic) bond motifs is 3. The van der Waals surface area contributed by atoms with Gasteiger partial charge >= 0.3 is 5.69 Å². The second-order valence-electron chi connectivity index (χ2n) is 4.10. The first-order valence-corrected chi connectivity index (χ1v) is 5.28. The maximum absolute atomic E-state index is 11.9. The van der Waals surface area contributed by atoms with Crippen LogP contribution in [0.15, 0.2) is 30.5 Å². The normalized spacial score (nSPS) is 19.2. The first kappa shape index (κ1) is 9.27. The second kappa shape index (κ2) is 3.01. The molecular weight excluding hydrogens is 202 g/mol. The van der Waals surface area contributed by atoms with Crippen molar-refractivity contribution in [2.45, 2.75) is 13.0 Å². The van der Waals surface area contributed by atoms with Crippen LogP contribution in [0.1, 0.15) is 18.5 Å². The van der Waals surface area contributed by atoms with Crippen molar-refractivity contribution in [3.05, 3.63) is 40.9 Å². The fourth-order valence-corrected chi connectivity index (χ4v) is 2.26. The Labute approximate surface area is 93.1 Å². The molecule has 1 atom stereocenters. The highest BCUT2D eigenvalue weighted by atomic mass is 16.3. The molecule has 1 aromatic heterocycles. The van der Waals surface area contributed by atoms with Gasteiger partial charge in [0.15, 0.2) is 4.87 Å². The molecule has 80 valence electrons. The molecule has 1 aliphatic rings. The molecule has 1 unspecified atom stereocenters. The lowest BCUT2D eigenvalue weighted by Crippen LogP contribution is -2.21. The van der Waals surface area contributed by atoms with Crippen LogP contribution in [-0.4, -0.2) is 21.9 Å². The van der Waals surface area contributed by atoms with E-state index in [1.165, 1.54) is 0 Å². The number of nitrogens with zero attached hydrogens (tertiary/aromatic N) is 3. The van der Waals surface area contributed by atoms with Crippen LogP contribution in [0, 0.1) is 4.91 Å². The van der Waals surface area contributed by atoms with Gasteiger partial charge in [-0.25, -0.2) is 4.98 Å². The Kier molecular flexibility index (Phi) is 1.74. The fourth-order valence-electron chi connectivity index (χ4n) is 2.26. The summed E-state index contributed by atoms with van der Waals surface area (Å²) in [6.07, 6.45) is 1.66. The van der Waals surface area contributed by atoms with E-state index in [9.17, 15) is 4.91 Å². The number of hydrazine groups is 1. The van der Waals surface area contributed by atoms with Gasteiger partial charge in [-0.05, 0) is 13.0 Å². The van der Waals surface area contributed by atoms with Crippen LogP contribution in [0.4, 0.5) is 5.69 Å². The van der Waals surface area contributed by atoms with E-state index in [0.717, 1.165) is 21.3 Å². The van der Waals surface area contributed by atoms with Crippen LogP contribution in [0.5, 0.6) is 0 Å². The van der Waals surface area contributed by atoms with Crippen LogP contribution in [0.25, 0.3) is 10.9 Å². The highest BCUT2D eigenvalue weighted by Gasteiger charge is 2.41. The Morgan fingerprint density at radius 2 is 2.12 bits per heavy atom. The summed E-state index contributed by atoms with van der Waals surface area (Å²) in [6, 6.07) is 8.02. The Balaban J connectivity index is 2.41. The third kappa shape index (κ3) is 1.01. The van der Waals surface area contributed by atoms with Gasteiger partial charge in [0, 0.05) is 5.39 Å². The molecule has 0 N–H and O–H groups in total. The van der Waals surface area contributed by atoms with E-state index in [4.69, 9.17) is 0 Å². The zero-order valence-electron chi connectivity index (χ0n) is 9.21. The predicted molar refractivity (Wildman–Crippen MR) is 61.2 cm³/mol. The van der Waals surface area contributed by atoms with E-state index in [2.05, 4.69) is 4.98 Å². The molecule has 0 bridgehead atoms. The van der Waals surface area contributed by atoms with E-state index in [0.29, 0.717) is 5.69 Å². The Hall–Kier alpha value is -1.97. The van der Waals surface area contributed by atoms with Crippen molar-refractivity contribution in [1.29, 1.82) is 0 Å². The third-order valence-corrected chi connectivity index (χ3v) is 3.27. The lowest BCUT2D eigenvalue weighted by Gasteiger charge is -2.07. The van der Waals surface area contributed by atoms with Crippen molar-refractivity contribution >= 4 is 16.6 Å². The topological polar surface area (TPSA) is 36.2 Å². The largest absolute Gasteiger partial charge is 0.316 e. The third-order valence-electron chi connectivity index (χ3n) is 3.27. The van der Waals surface area contributed by atoms with Gasteiger partial charge in [-0.15, -0.1) is 5.01 Å². The van der Waals surface area contributed by atoms with Crippen LogP contribution in [0.2, 0.25) is 0 Å². The summed E-state index contributed by atoms with van der Waals surface area (Å²) >= 11 is 0. The monoisotopic (exact) mass is 214 g/mol. The molecule has 1 aliphatic heterocycles. The van der Waals surface area contributed by atoms with E-state index in [1.54, 1.807) is 18.3 Å². The summed E-state index contributed by atoms with van der Waals surface area (Å²) < 4.78 is 0. The zero-order valence-corrected chi connectivity index (χ0v) is 9.21. The minimum Gasteiger partial charge on any atom is -0.249 e. The van der Waals surface area contributed by atoms with Gasteiger partial charge in [0.25, 0.3) is 0 Å². The Morgan fingerprint density at radius 1 is 1.38 bits per heavy atom. The van der Waals surface area contributed by atoms with Crippen molar-refractivity contribution in [2.75, 3.05) is 7.05 Å². The molecule has 0 radical (unpaired) electrons. The molecule has 0 saturated heterocycles. The average molecular weight is 214 g/mol. The minimum atomic E-state index is 0.0976. The lowest BCUT2D eigenvalue weighted by molar-refractivity contribution is -0.631. The van der Waals surface area contributed by atoms with Crippen LogP contribution < -0.4 is 0 Å². The molecule has 2 heterocycles. The van der Waals surface area contributed by atoms with Crippen LogP contribution >= 0.6 is 0 Å². The van der Waals surface area contributed by atoms with Crippen LogP contribution in [-0.2, 0) is 0 Å². The van der Waals surface area contributed by atoms with Gasteiger partial charge in [0.05, 0.1) is 23.0 Å². The SMILES string of the molecule is CC1c2c(cnc3ccccc23)[N+](=O)N1C. The molecule has 0 spiro atoms. The number of para-hydroxylation sites is 1. The van der Waals surface area contributed by atoms with E-state index in [-0.39, 0.29) is 6.04 Å². The second-order valence-corrected chi connectivity index (χ2v) is 4.10. The molecule has 0 amide bonds. The highest BCUT2D eigenvalue weighted by Crippen LogP contribution is 2.40. The van der Waals surface area contributed by atoms with Gasteiger partial charge in [0.1, 0.15) is 12.2 Å². The van der Waals surface area contributed by atoms with E-state index >= 15 is 0 Å². The van der Waals surface area contributed by atoms with Crippen molar-refractivity contribution in [3.8, 4) is 0 Å². The van der Waals surface area contributed by atoms with Gasteiger partial charge in [-0.1, -0.05) is 18.2 Å². The van der Waals surface area contributed by atoms with Crippen molar-refractivity contribution in [2.24, 2.45) is 0 Å². The molecule has 4 nitrogen and oxygen atoms in total. The summed E-state index contributed by atoms with van der Waals surface area (Å²) in [7, 11) is 1.80. The summed E-state index contributed by atoms with van der Waals surface area (Å²) in [5.74, 6) is 0. The number of hydrogen-bond acceptors (Lipinski definition) is 2. The fraction of sp³-hybridized carbons (Fsp3) is 0.250. The molecule has 16 heavy (non-hydrogen) atoms. The summed E-state index contributed by atoms with van der Waals surface area (Å²) in [5, 5.41) is 2.75. The lowest BCUT2D eigenvalue weighted by atomic mass is 10.0. The molecule has 0 aliphatic carbocycles. The quantitative estimate of drug-likeness (QED) is 0.632. The molecule has 1 aromatic carbocycles. The number of rotatable bonds is 0. The molecular formula is C12H12N3O+. The van der Waals surface area contributed by atoms with Gasteiger partial charge in [-0.2, -0.15) is 0 Å². The van der Waals surface area contributed by atoms with E-state index < -0.39 is 0 Å². The number of benzene rings is 1. The van der Waals surface area contributed by atoms with E-state index in [1.807, 2.05) is 31.2 Å². The first-order valence-electron chi connectivity index (χ1n) is 5.28. The highest BCUT2D eigenvalue weighted by molar-refractivity contribution is 5.85. The van der Waals surface area contributed by atoms with Crippen LogP contribution in [0.3, 0.4) is 0 Å². The smallest absolute Gasteiger partial charge is 0.249 e. The summed E-state index contributed by atoms with van der Waals surface area (Å²) in [6.45, 7) is 2.03. The van der Waals surface area contributed by atoms with Gasteiger partial charge < -0.3 is 0 Å². The minimum absolute atomic E-state index is 0.0976. The van der Waals surface area contributed by atoms with Gasteiger partial charge in [0.2, 0.25) is 0 Å². The van der Waals surface area contributed by atoms with Gasteiger partial charge in [-0.3, -0.25) is 0 Å². The Bertz CT molecular complexity index is 594. The number of aromatic nitrogens is 1. The maximum Gasteiger partial charge on any atom is 0.316 e. The average Bonchev–Trinajstić information content (AvgIpc) is 2.55. The zero-order chi connectivity index (χ0) is 11.3. The number of pyridine rings is 1. The first-order chi connectivity index (χ1) is 7.70. The standard InChI is InChI=1S/C12H12N3O/c1-8-12-9-5-3-4-6-10(9)13-7-11(12)15(16)14(8)2/h3-8H,1-2H3/q+1. The molecule has 2 aromatic rings. The molecule has 4 heteroatoms. The summed E-state index contributed by atoms with van der Waals surface area (Å²) in [5.41, 5.74) is 2.67. The van der Waals surface area contributed by atoms with Crippen molar-refractivity contribution < 1.29 is 4.87 Å². The molecule has 0 saturated carbocycles. The number of nitroso groups, excluding NO2 is 1. The Morgan fingerprint density at radius 3 is 2.94 bits per heavy atom.